The van der Waals surface area contributed by atoms with Crippen LogP contribution in [0.2, 0.25) is 0 Å². The number of aliphatic hydroxyl groups is 1. The quantitative estimate of drug-likeness (QED) is 0.879. The summed E-state index contributed by atoms with van der Waals surface area (Å²) in [6, 6.07) is 15.9. The molecule has 19 heavy (non-hydrogen) atoms. The van der Waals surface area contributed by atoms with E-state index in [1.807, 2.05) is 43.3 Å². The molecule has 0 aliphatic heterocycles. The predicted octanol–water partition coefficient (Wildman–Crippen LogP) is 3.87. The van der Waals surface area contributed by atoms with E-state index in [-0.39, 0.29) is 5.92 Å². The number of rotatable bonds is 5. The molecule has 0 fully saturated rings. The standard InChI is InChI=1S/C17H21NO/c1-3-15(14-10-6-5-7-11-14)17(19,4-2)16-12-8-9-13-18-16/h5-13,15,19H,3-4H2,1-2H3/t15-,17+/m1/s1. The molecule has 0 spiro atoms. The summed E-state index contributed by atoms with van der Waals surface area (Å²) >= 11 is 0. The SMILES string of the molecule is CC[C@H](c1ccccc1)[C@@](O)(CC)c1ccccn1. The molecule has 100 valence electrons. The Labute approximate surface area is 115 Å². The Morgan fingerprint density at radius 3 is 2.26 bits per heavy atom. The molecule has 0 unspecified atom stereocenters. The van der Waals surface area contributed by atoms with E-state index in [0.29, 0.717) is 6.42 Å². The van der Waals surface area contributed by atoms with Crippen molar-refractivity contribution < 1.29 is 5.11 Å². The number of benzene rings is 1. The Kier molecular flexibility index (Phi) is 4.33. The van der Waals surface area contributed by atoms with Crippen molar-refractivity contribution in [1.82, 2.24) is 4.98 Å². The molecular formula is C17H21NO. The Balaban J connectivity index is 2.44. The lowest BCUT2D eigenvalue weighted by Crippen LogP contribution is -2.33. The van der Waals surface area contributed by atoms with E-state index in [0.717, 1.165) is 12.1 Å². The third-order valence-corrected chi connectivity index (χ3v) is 3.83. The van der Waals surface area contributed by atoms with Gasteiger partial charge in [-0.15, -0.1) is 0 Å². The molecule has 0 aliphatic rings. The van der Waals surface area contributed by atoms with E-state index in [1.54, 1.807) is 6.20 Å². The van der Waals surface area contributed by atoms with E-state index < -0.39 is 5.60 Å². The van der Waals surface area contributed by atoms with Gasteiger partial charge in [-0.05, 0) is 30.5 Å². The van der Waals surface area contributed by atoms with E-state index in [1.165, 1.54) is 5.56 Å². The molecular weight excluding hydrogens is 234 g/mol. The molecule has 1 aromatic carbocycles. The van der Waals surface area contributed by atoms with Crippen LogP contribution in [0, 0.1) is 0 Å². The van der Waals surface area contributed by atoms with Gasteiger partial charge in [0.1, 0.15) is 5.60 Å². The number of hydrogen-bond donors (Lipinski definition) is 1. The highest BCUT2D eigenvalue weighted by molar-refractivity contribution is 5.27. The van der Waals surface area contributed by atoms with Crippen LogP contribution >= 0.6 is 0 Å². The van der Waals surface area contributed by atoms with Gasteiger partial charge in [-0.25, -0.2) is 0 Å². The van der Waals surface area contributed by atoms with E-state index in [2.05, 4.69) is 24.0 Å². The minimum absolute atomic E-state index is 0.0635. The van der Waals surface area contributed by atoms with Gasteiger partial charge in [0.2, 0.25) is 0 Å². The van der Waals surface area contributed by atoms with Gasteiger partial charge >= 0.3 is 0 Å². The van der Waals surface area contributed by atoms with Crippen LogP contribution in [-0.4, -0.2) is 10.1 Å². The maximum atomic E-state index is 11.1. The van der Waals surface area contributed by atoms with Crippen LogP contribution in [0.25, 0.3) is 0 Å². The number of pyridine rings is 1. The van der Waals surface area contributed by atoms with Gasteiger partial charge in [0.05, 0.1) is 5.69 Å². The lowest BCUT2D eigenvalue weighted by atomic mass is 9.76. The summed E-state index contributed by atoms with van der Waals surface area (Å²) < 4.78 is 0. The zero-order chi connectivity index (χ0) is 13.7. The smallest absolute Gasteiger partial charge is 0.113 e. The first-order valence-corrected chi connectivity index (χ1v) is 6.91. The third kappa shape index (κ3) is 2.69. The highest BCUT2D eigenvalue weighted by Gasteiger charge is 2.37. The summed E-state index contributed by atoms with van der Waals surface area (Å²) in [4.78, 5) is 4.37. The summed E-state index contributed by atoms with van der Waals surface area (Å²) in [6.45, 7) is 4.13. The van der Waals surface area contributed by atoms with Gasteiger partial charge in [-0.2, -0.15) is 0 Å². The molecule has 2 rings (SSSR count). The molecule has 0 aliphatic carbocycles. The fourth-order valence-corrected chi connectivity index (χ4v) is 2.76. The average molecular weight is 255 g/mol. The lowest BCUT2D eigenvalue weighted by Gasteiger charge is -2.35. The molecule has 1 heterocycles. The van der Waals surface area contributed by atoms with Crippen molar-refractivity contribution >= 4 is 0 Å². The van der Waals surface area contributed by atoms with Crippen LogP contribution in [0.5, 0.6) is 0 Å². The monoisotopic (exact) mass is 255 g/mol. The van der Waals surface area contributed by atoms with Gasteiger partial charge in [-0.3, -0.25) is 4.98 Å². The molecule has 2 atom stereocenters. The van der Waals surface area contributed by atoms with Crippen LogP contribution in [0.1, 0.15) is 43.9 Å². The fraction of sp³-hybridized carbons (Fsp3) is 0.353. The number of hydrogen-bond acceptors (Lipinski definition) is 2. The van der Waals surface area contributed by atoms with E-state index >= 15 is 0 Å². The zero-order valence-electron chi connectivity index (χ0n) is 11.6. The minimum Gasteiger partial charge on any atom is -0.383 e. The maximum absolute atomic E-state index is 11.1. The largest absolute Gasteiger partial charge is 0.383 e. The summed E-state index contributed by atoms with van der Waals surface area (Å²) in [5.74, 6) is 0.0635. The van der Waals surface area contributed by atoms with Gasteiger partial charge in [0, 0.05) is 12.1 Å². The topological polar surface area (TPSA) is 33.1 Å². The first-order valence-electron chi connectivity index (χ1n) is 6.91. The molecule has 2 aromatic rings. The first-order chi connectivity index (χ1) is 9.22. The normalized spacial score (nSPS) is 15.7. The Hall–Kier alpha value is -1.67. The highest BCUT2D eigenvalue weighted by atomic mass is 16.3. The molecule has 1 N–H and O–H groups in total. The van der Waals surface area contributed by atoms with Gasteiger partial charge in [-0.1, -0.05) is 50.2 Å². The van der Waals surface area contributed by atoms with Crippen molar-refractivity contribution in [1.29, 1.82) is 0 Å². The summed E-state index contributed by atoms with van der Waals surface area (Å²) in [5.41, 5.74) is 1.02. The Morgan fingerprint density at radius 1 is 1.05 bits per heavy atom. The summed E-state index contributed by atoms with van der Waals surface area (Å²) in [6.07, 6.45) is 3.27. The van der Waals surface area contributed by atoms with E-state index in [9.17, 15) is 5.11 Å². The minimum atomic E-state index is -0.905. The second-order valence-corrected chi connectivity index (χ2v) is 4.86. The molecule has 0 saturated heterocycles. The van der Waals surface area contributed by atoms with Gasteiger partial charge < -0.3 is 5.11 Å². The van der Waals surface area contributed by atoms with Crippen LogP contribution in [-0.2, 0) is 5.60 Å². The van der Waals surface area contributed by atoms with Crippen molar-refractivity contribution in [3.05, 3.63) is 66.0 Å². The molecule has 2 heteroatoms. The molecule has 0 radical (unpaired) electrons. The summed E-state index contributed by atoms with van der Waals surface area (Å²) in [7, 11) is 0. The van der Waals surface area contributed by atoms with Crippen LogP contribution < -0.4 is 0 Å². The zero-order valence-corrected chi connectivity index (χ0v) is 11.6. The number of aromatic nitrogens is 1. The molecule has 0 amide bonds. The molecule has 0 bridgehead atoms. The first kappa shape index (κ1) is 13.8. The number of nitrogens with zero attached hydrogens (tertiary/aromatic N) is 1. The fourth-order valence-electron chi connectivity index (χ4n) is 2.76. The molecule has 2 nitrogen and oxygen atoms in total. The van der Waals surface area contributed by atoms with Gasteiger partial charge in [0.15, 0.2) is 0 Å². The Bertz CT molecular complexity index is 497. The van der Waals surface area contributed by atoms with Crippen LogP contribution in [0.3, 0.4) is 0 Å². The van der Waals surface area contributed by atoms with Crippen LogP contribution in [0.15, 0.2) is 54.7 Å². The summed E-state index contributed by atoms with van der Waals surface area (Å²) in [5, 5.41) is 11.1. The second-order valence-electron chi connectivity index (χ2n) is 4.86. The lowest BCUT2D eigenvalue weighted by molar-refractivity contribution is -0.00263. The van der Waals surface area contributed by atoms with Crippen molar-refractivity contribution in [3.8, 4) is 0 Å². The molecule has 0 saturated carbocycles. The molecule has 1 aromatic heterocycles. The van der Waals surface area contributed by atoms with Gasteiger partial charge in [0.25, 0.3) is 0 Å². The predicted molar refractivity (Wildman–Crippen MR) is 77.9 cm³/mol. The van der Waals surface area contributed by atoms with Crippen molar-refractivity contribution in [2.75, 3.05) is 0 Å². The van der Waals surface area contributed by atoms with Crippen molar-refractivity contribution in [2.45, 2.75) is 38.2 Å². The van der Waals surface area contributed by atoms with Crippen LogP contribution in [0.4, 0.5) is 0 Å². The van der Waals surface area contributed by atoms with E-state index in [4.69, 9.17) is 0 Å². The second kappa shape index (κ2) is 5.98. The maximum Gasteiger partial charge on any atom is 0.113 e. The average Bonchev–Trinajstić information content (AvgIpc) is 2.49. The highest BCUT2D eigenvalue weighted by Crippen LogP contribution is 2.40. The van der Waals surface area contributed by atoms with Crippen molar-refractivity contribution in [3.63, 3.8) is 0 Å². The third-order valence-electron chi connectivity index (χ3n) is 3.83. The van der Waals surface area contributed by atoms with Crippen molar-refractivity contribution in [2.24, 2.45) is 0 Å². The Morgan fingerprint density at radius 2 is 1.74 bits per heavy atom.